The van der Waals surface area contributed by atoms with Crippen LogP contribution in [-0.4, -0.2) is 103 Å². The van der Waals surface area contributed by atoms with E-state index in [0.29, 0.717) is 12.8 Å². The average molecular weight is 971 g/mol. The first-order valence-electron chi connectivity index (χ1n) is 24.9. The van der Waals surface area contributed by atoms with Crippen molar-refractivity contribution < 1.29 is 76.9 Å². The molecule has 0 saturated heterocycles. The molecule has 1 saturated carbocycles. The molecule has 1 rings (SSSR count). The van der Waals surface area contributed by atoms with Crippen molar-refractivity contribution in [1.29, 1.82) is 0 Å². The topological polar surface area (TPSA) is 256 Å². The number of ether oxygens (including phenoxy) is 2. The quantitative estimate of drug-likeness (QED) is 0.0130. The van der Waals surface area contributed by atoms with Crippen molar-refractivity contribution in [2.24, 2.45) is 0 Å². The second-order valence-electron chi connectivity index (χ2n) is 17.5. The summed E-state index contributed by atoms with van der Waals surface area (Å²) in [6, 6.07) is 0. The minimum absolute atomic E-state index is 0.0309. The van der Waals surface area contributed by atoms with Crippen LogP contribution in [0.2, 0.25) is 0 Å². The zero-order valence-corrected chi connectivity index (χ0v) is 41.5. The molecule has 0 aromatic carbocycles. The van der Waals surface area contributed by atoms with Gasteiger partial charge in [-0.25, -0.2) is 9.13 Å². The van der Waals surface area contributed by atoms with Crippen LogP contribution in [0.25, 0.3) is 0 Å². The van der Waals surface area contributed by atoms with Gasteiger partial charge in [0.25, 0.3) is 0 Å². The van der Waals surface area contributed by atoms with Gasteiger partial charge in [-0.3, -0.25) is 23.2 Å². The third-order valence-electron chi connectivity index (χ3n) is 11.5. The molecule has 65 heavy (non-hydrogen) atoms. The van der Waals surface area contributed by atoms with Gasteiger partial charge in [-0.15, -0.1) is 0 Å². The first-order valence-corrected chi connectivity index (χ1v) is 27.9. The molecule has 382 valence electrons. The van der Waals surface area contributed by atoms with Crippen molar-refractivity contribution in [2.75, 3.05) is 13.2 Å². The van der Waals surface area contributed by atoms with E-state index in [1.165, 1.54) is 96.3 Å². The molecule has 0 bridgehead atoms. The zero-order chi connectivity index (χ0) is 48.2. The second-order valence-corrected chi connectivity index (χ2v) is 20.1. The summed E-state index contributed by atoms with van der Waals surface area (Å²) >= 11 is 0. The van der Waals surface area contributed by atoms with Crippen LogP contribution in [0, 0.1) is 0 Å². The van der Waals surface area contributed by atoms with E-state index in [0.717, 1.165) is 70.6 Å². The molecule has 16 nitrogen and oxygen atoms in total. The van der Waals surface area contributed by atoms with E-state index in [-0.39, 0.29) is 12.8 Å². The molecule has 0 spiro atoms. The van der Waals surface area contributed by atoms with Crippen LogP contribution in [-0.2, 0) is 41.8 Å². The maximum Gasteiger partial charge on any atom is 0.472 e. The molecule has 0 aromatic heterocycles. The van der Waals surface area contributed by atoms with Crippen molar-refractivity contribution >= 4 is 27.6 Å². The Balaban J connectivity index is 2.56. The molecule has 0 heterocycles. The van der Waals surface area contributed by atoms with Crippen LogP contribution in [0.15, 0.2) is 24.3 Å². The molecule has 0 radical (unpaired) electrons. The van der Waals surface area contributed by atoms with Gasteiger partial charge in [0.15, 0.2) is 6.10 Å². The minimum Gasteiger partial charge on any atom is -0.462 e. The van der Waals surface area contributed by atoms with Crippen molar-refractivity contribution in [3.63, 3.8) is 0 Å². The number of rotatable bonds is 42. The summed E-state index contributed by atoms with van der Waals surface area (Å²) in [6.45, 7) is 3.09. The number of aliphatic hydroxyl groups is 4. The Bertz CT molecular complexity index is 1360. The fourth-order valence-electron chi connectivity index (χ4n) is 7.65. The van der Waals surface area contributed by atoms with E-state index in [1.807, 2.05) is 0 Å². The summed E-state index contributed by atoms with van der Waals surface area (Å²) < 4.78 is 49.4. The number of carbonyl (C=O) groups is 2. The van der Waals surface area contributed by atoms with Crippen molar-refractivity contribution in [1.82, 2.24) is 0 Å². The minimum atomic E-state index is -5.36. The standard InChI is InChI=1S/C47H88O16P2/c1-3-5-7-9-11-13-15-17-19-20-22-23-25-27-29-31-33-35-40(48)59-37-39(61-41(49)36-34-32-30-28-26-24-21-18-16-14-12-10-8-6-4-2)38-60-65(57,58)63-47-44(52)42(50)43(51)46(45(47)53)62-64(54,55)56/h12,14,18,21,39,42-47,50-53H,3-11,13,15-17,19-20,22-38H2,1-2H3,(H,57,58)(H2,54,55,56)/t39-,42?,43?,44?,45?,46-,47+/m1/s1. The lowest BCUT2D eigenvalue weighted by atomic mass is 9.85. The van der Waals surface area contributed by atoms with E-state index >= 15 is 0 Å². The van der Waals surface area contributed by atoms with Crippen molar-refractivity contribution in [2.45, 2.75) is 249 Å². The fraction of sp³-hybridized carbons (Fsp3) is 0.872. The van der Waals surface area contributed by atoms with Gasteiger partial charge in [-0.05, 0) is 44.9 Å². The number of hydrogen-bond acceptors (Lipinski definition) is 13. The highest BCUT2D eigenvalue weighted by atomic mass is 31.2. The molecule has 0 aromatic rings. The Hall–Kier alpha value is -1.52. The van der Waals surface area contributed by atoms with E-state index in [9.17, 15) is 53.8 Å². The number of carbonyl (C=O) groups excluding carboxylic acids is 2. The first-order chi connectivity index (χ1) is 31.1. The Morgan fingerprint density at radius 1 is 0.492 bits per heavy atom. The molecular weight excluding hydrogens is 882 g/mol. The number of phosphoric ester groups is 2. The summed E-state index contributed by atoms with van der Waals surface area (Å²) in [5.74, 6) is -1.21. The average Bonchev–Trinajstić information content (AvgIpc) is 3.26. The highest BCUT2D eigenvalue weighted by Gasteiger charge is 2.54. The lowest BCUT2D eigenvalue weighted by Gasteiger charge is -2.43. The normalized spacial score (nSPS) is 21.8. The van der Waals surface area contributed by atoms with Gasteiger partial charge in [0.2, 0.25) is 0 Å². The Kier molecular flexibility index (Phi) is 36.3. The molecule has 7 N–H and O–H groups in total. The summed E-state index contributed by atoms with van der Waals surface area (Å²) in [5.41, 5.74) is 0. The van der Waals surface area contributed by atoms with Gasteiger partial charge in [0.05, 0.1) is 6.61 Å². The molecule has 18 heteroatoms. The van der Waals surface area contributed by atoms with Gasteiger partial charge in [-0.2, -0.15) is 0 Å². The Morgan fingerprint density at radius 2 is 0.892 bits per heavy atom. The molecule has 8 atom stereocenters. The molecular formula is C47H88O16P2. The van der Waals surface area contributed by atoms with E-state index in [4.69, 9.17) is 18.5 Å². The maximum atomic E-state index is 13.0. The Labute approximate surface area is 390 Å². The summed E-state index contributed by atoms with van der Waals surface area (Å²) in [4.78, 5) is 54.3. The van der Waals surface area contributed by atoms with Gasteiger partial charge in [0, 0.05) is 12.8 Å². The number of hydrogen-bond donors (Lipinski definition) is 7. The Morgan fingerprint density at radius 3 is 1.37 bits per heavy atom. The number of unbranched alkanes of at least 4 members (excludes halogenated alkanes) is 24. The van der Waals surface area contributed by atoms with Gasteiger partial charge in [0.1, 0.15) is 43.2 Å². The van der Waals surface area contributed by atoms with Crippen molar-refractivity contribution in [3.8, 4) is 0 Å². The van der Waals surface area contributed by atoms with Crippen LogP contribution in [0.5, 0.6) is 0 Å². The largest absolute Gasteiger partial charge is 0.472 e. The first kappa shape index (κ1) is 61.5. The van der Waals surface area contributed by atoms with Crippen molar-refractivity contribution in [3.05, 3.63) is 24.3 Å². The third kappa shape index (κ3) is 32.8. The third-order valence-corrected chi connectivity index (χ3v) is 13.0. The highest BCUT2D eigenvalue weighted by Crippen LogP contribution is 2.49. The van der Waals surface area contributed by atoms with Crippen LogP contribution < -0.4 is 0 Å². The second kappa shape index (κ2) is 38.3. The molecule has 1 aliphatic carbocycles. The highest BCUT2D eigenvalue weighted by molar-refractivity contribution is 7.47. The fourth-order valence-corrected chi connectivity index (χ4v) is 9.18. The smallest absolute Gasteiger partial charge is 0.462 e. The summed E-state index contributed by atoms with van der Waals surface area (Å²) in [6.07, 6.45) is 25.6. The van der Waals surface area contributed by atoms with Crippen LogP contribution in [0.4, 0.5) is 0 Å². The van der Waals surface area contributed by atoms with Crippen LogP contribution >= 0.6 is 15.6 Å². The van der Waals surface area contributed by atoms with Crippen LogP contribution in [0.1, 0.15) is 206 Å². The van der Waals surface area contributed by atoms with E-state index in [1.54, 1.807) is 0 Å². The molecule has 0 aliphatic heterocycles. The number of phosphoric acid groups is 2. The summed E-state index contributed by atoms with van der Waals surface area (Å²) in [7, 11) is -10.7. The predicted octanol–water partition coefficient (Wildman–Crippen LogP) is 9.73. The van der Waals surface area contributed by atoms with Gasteiger partial charge >= 0.3 is 27.6 Å². The van der Waals surface area contributed by atoms with Gasteiger partial charge < -0.3 is 44.6 Å². The van der Waals surface area contributed by atoms with Crippen LogP contribution in [0.3, 0.4) is 0 Å². The molecule has 5 unspecified atom stereocenters. The van der Waals surface area contributed by atoms with Gasteiger partial charge in [-0.1, -0.05) is 173 Å². The number of esters is 2. The number of allylic oxidation sites excluding steroid dienone is 4. The lowest BCUT2D eigenvalue weighted by Crippen LogP contribution is -2.64. The monoisotopic (exact) mass is 971 g/mol. The zero-order valence-electron chi connectivity index (χ0n) is 39.7. The maximum absolute atomic E-state index is 13.0. The molecule has 1 aliphatic rings. The number of aliphatic hydroxyl groups excluding tert-OH is 4. The SMILES string of the molecule is CCCCCC=CCC=CCCCCCCCC(=O)O[C@H](COC(=O)CCCCCCCCCCCCCCCCCCC)COP(=O)(O)O[C@H]1C(O)C(O)C(O)[C@@H](OP(=O)(O)O)C1O. The predicted molar refractivity (Wildman–Crippen MR) is 251 cm³/mol. The molecule has 1 fully saturated rings. The summed E-state index contributed by atoms with van der Waals surface area (Å²) in [5, 5.41) is 41.3. The van der Waals surface area contributed by atoms with E-state index in [2.05, 4.69) is 42.7 Å². The van der Waals surface area contributed by atoms with E-state index < -0.39 is 83.5 Å². The molecule has 0 amide bonds. The lowest BCUT2D eigenvalue weighted by molar-refractivity contribution is -0.216.